The second kappa shape index (κ2) is 6.67. The molecule has 1 atom stereocenters. The van der Waals surface area contributed by atoms with Gasteiger partial charge in [0.05, 0.1) is 23.4 Å². The molecule has 114 valence electrons. The van der Waals surface area contributed by atoms with Gasteiger partial charge in [0.1, 0.15) is 11.0 Å². The van der Waals surface area contributed by atoms with E-state index < -0.39 is 11.9 Å². The lowest BCUT2D eigenvalue weighted by atomic mass is 10.1. The number of halogens is 2. The second-order valence-corrected chi connectivity index (χ2v) is 5.76. The number of thiocarbonyl (C=S) groups is 1. The van der Waals surface area contributed by atoms with Crippen molar-refractivity contribution in [2.45, 2.75) is 6.04 Å². The van der Waals surface area contributed by atoms with Crippen molar-refractivity contribution in [3.63, 3.8) is 0 Å². The van der Waals surface area contributed by atoms with Crippen molar-refractivity contribution in [3.05, 3.63) is 28.0 Å². The fraction of sp³-hybridized carbons (Fsp3) is 0.385. The summed E-state index contributed by atoms with van der Waals surface area (Å²) in [6.07, 6.45) is 0. The molecular formula is C13H15BrFN3O2S. The predicted octanol–water partition coefficient (Wildman–Crippen LogP) is 1.17. The molecule has 1 aliphatic heterocycles. The summed E-state index contributed by atoms with van der Waals surface area (Å²) in [5.41, 5.74) is 6.29. The van der Waals surface area contributed by atoms with Crippen LogP contribution in [0.4, 0.5) is 10.1 Å². The zero-order valence-corrected chi connectivity index (χ0v) is 13.8. The minimum Gasteiger partial charge on any atom is -0.389 e. The van der Waals surface area contributed by atoms with E-state index in [1.807, 2.05) is 0 Å². The van der Waals surface area contributed by atoms with Crippen molar-refractivity contribution >= 4 is 44.7 Å². The van der Waals surface area contributed by atoms with Gasteiger partial charge in [0.15, 0.2) is 5.82 Å². The topological polar surface area (TPSA) is 67.6 Å². The van der Waals surface area contributed by atoms with E-state index in [1.54, 1.807) is 17.0 Å². The van der Waals surface area contributed by atoms with Gasteiger partial charge in [-0.05, 0) is 28.1 Å². The molecule has 0 aliphatic carbocycles. The maximum absolute atomic E-state index is 14.6. The summed E-state index contributed by atoms with van der Waals surface area (Å²) < 4.78 is 20.1. The molecule has 1 heterocycles. The number of nitrogens with zero attached hydrogens (tertiary/aromatic N) is 1. The Hall–Kier alpha value is -1.25. The lowest BCUT2D eigenvalue weighted by Crippen LogP contribution is -2.53. The lowest BCUT2D eigenvalue weighted by Gasteiger charge is -2.36. The fourth-order valence-electron chi connectivity index (χ4n) is 2.23. The summed E-state index contributed by atoms with van der Waals surface area (Å²) in [6.45, 7) is 1.07. The van der Waals surface area contributed by atoms with E-state index in [4.69, 9.17) is 22.7 Å². The molecule has 0 bridgehead atoms. The number of anilines is 1. The number of benzene rings is 1. The van der Waals surface area contributed by atoms with Crippen molar-refractivity contribution in [1.82, 2.24) is 5.32 Å². The van der Waals surface area contributed by atoms with Gasteiger partial charge in [0.25, 0.3) is 0 Å². The third kappa shape index (κ3) is 3.17. The van der Waals surface area contributed by atoms with Gasteiger partial charge in [-0.25, -0.2) is 4.39 Å². The number of nitrogens with one attached hydrogen (secondary N) is 1. The highest BCUT2D eigenvalue weighted by Crippen LogP contribution is 2.31. The van der Waals surface area contributed by atoms with E-state index in [0.717, 1.165) is 0 Å². The molecule has 2 rings (SSSR count). The average molecular weight is 376 g/mol. The van der Waals surface area contributed by atoms with Crippen LogP contribution in [0.3, 0.4) is 0 Å². The van der Waals surface area contributed by atoms with Crippen LogP contribution in [-0.4, -0.2) is 43.7 Å². The first kappa shape index (κ1) is 16.1. The van der Waals surface area contributed by atoms with Crippen LogP contribution in [0.1, 0.15) is 5.56 Å². The maximum Gasteiger partial charge on any atom is 0.244 e. The third-order valence-corrected chi connectivity index (χ3v) is 4.31. The molecule has 8 heteroatoms. The molecule has 21 heavy (non-hydrogen) atoms. The number of carbonyl (C=O) groups is 1. The van der Waals surface area contributed by atoms with Crippen LogP contribution in [0.2, 0.25) is 0 Å². The Morgan fingerprint density at radius 3 is 2.95 bits per heavy atom. The quantitative estimate of drug-likeness (QED) is 0.776. The number of morpholine rings is 1. The Morgan fingerprint density at radius 2 is 2.33 bits per heavy atom. The van der Waals surface area contributed by atoms with Crippen LogP contribution in [0.25, 0.3) is 0 Å². The predicted molar refractivity (Wildman–Crippen MR) is 86.0 cm³/mol. The molecule has 1 unspecified atom stereocenters. The Kier molecular flexibility index (Phi) is 5.13. The first-order chi connectivity index (χ1) is 9.97. The van der Waals surface area contributed by atoms with E-state index in [1.165, 1.54) is 7.05 Å². The highest BCUT2D eigenvalue weighted by Gasteiger charge is 2.31. The highest BCUT2D eigenvalue weighted by molar-refractivity contribution is 9.10. The number of hydrogen-bond acceptors (Lipinski definition) is 4. The molecule has 1 fully saturated rings. The van der Waals surface area contributed by atoms with Crippen LogP contribution in [0.5, 0.6) is 0 Å². The van der Waals surface area contributed by atoms with Crippen molar-refractivity contribution in [3.8, 4) is 0 Å². The number of amides is 1. The van der Waals surface area contributed by atoms with E-state index in [9.17, 15) is 9.18 Å². The van der Waals surface area contributed by atoms with Gasteiger partial charge in [-0.3, -0.25) is 4.79 Å². The SMILES string of the molecule is CNC(=O)C1COCCN1c1ccc(C(N)=S)c(Br)c1F. The van der Waals surface area contributed by atoms with Gasteiger partial charge in [-0.1, -0.05) is 12.2 Å². The van der Waals surface area contributed by atoms with Crippen molar-refractivity contribution < 1.29 is 13.9 Å². The number of carbonyl (C=O) groups excluding carboxylic acids is 1. The van der Waals surface area contributed by atoms with Crippen molar-refractivity contribution in [2.24, 2.45) is 5.73 Å². The smallest absolute Gasteiger partial charge is 0.244 e. The Bertz CT molecular complexity index is 585. The summed E-state index contributed by atoms with van der Waals surface area (Å²) in [6, 6.07) is 2.65. The van der Waals surface area contributed by atoms with E-state index in [0.29, 0.717) is 24.4 Å². The largest absolute Gasteiger partial charge is 0.389 e. The molecule has 1 aromatic rings. The molecule has 1 aromatic carbocycles. The molecule has 0 spiro atoms. The third-order valence-electron chi connectivity index (χ3n) is 3.31. The van der Waals surface area contributed by atoms with Gasteiger partial charge < -0.3 is 20.7 Å². The standard InChI is InChI=1S/C13H15BrFN3O2S/c1-17-13(19)9-6-20-5-4-18(9)8-3-2-7(12(16)21)10(14)11(8)15/h2-3,9H,4-6H2,1H3,(H2,16,21)(H,17,19). The lowest BCUT2D eigenvalue weighted by molar-refractivity contribution is -0.124. The normalized spacial score (nSPS) is 18.4. The minimum absolute atomic E-state index is 0.108. The van der Waals surface area contributed by atoms with Gasteiger partial charge in [0, 0.05) is 19.2 Å². The minimum atomic E-state index is -0.569. The first-order valence-electron chi connectivity index (χ1n) is 6.31. The molecule has 0 aromatic heterocycles. The molecule has 1 aliphatic rings. The zero-order valence-electron chi connectivity index (χ0n) is 11.4. The van der Waals surface area contributed by atoms with Gasteiger partial charge in [-0.15, -0.1) is 0 Å². The Labute approximate surface area is 135 Å². The van der Waals surface area contributed by atoms with Crippen LogP contribution >= 0.6 is 28.1 Å². The molecule has 1 saturated heterocycles. The average Bonchev–Trinajstić information content (AvgIpc) is 2.49. The number of rotatable bonds is 3. The van der Waals surface area contributed by atoms with Crippen LogP contribution in [-0.2, 0) is 9.53 Å². The number of likely N-dealkylation sites (N-methyl/N-ethyl adjacent to an activating group) is 1. The summed E-state index contributed by atoms with van der Waals surface area (Å²) in [5.74, 6) is -0.709. The Morgan fingerprint density at radius 1 is 1.62 bits per heavy atom. The number of nitrogens with two attached hydrogens (primary N) is 1. The summed E-state index contributed by atoms with van der Waals surface area (Å²) >= 11 is 8.05. The summed E-state index contributed by atoms with van der Waals surface area (Å²) in [7, 11) is 1.54. The second-order valence-electron chi connectivity index (χ2n) is 4.52. The van der Waals surface area contributed by atoms with Gasteiger partial charge in [0.2, 0.25) is 5.91 Å². The van der Waals surface area contributed by atoms with E-state index in [2.05, 4.69) is 21.2 Å². The van der Waals surface area contributed by atoms with Crippen LogP contribution in [0, 0.1) is 5.82 Å². The first-order valence-corrected chi connectivity index (χ1v) is 7.51. The maximum atomic E-state index is 14.6. The van der Waals surface area contributed by atoms with Gasteiger partial charge >= 0.3 is 0 Å². The van der Waals surface area contributed by atoms with Crippen molar-refractivity contribution in [2.75, 3.05) is 31.7 Å². The van der Waals surface area contributed by atoms with E-state index in [-0.39, 0.29) is 22.0 Å². The highest BCUT2D eigenvalue weighted by atomic mass is 79.9. The Balaban J connectivity index is 2.42. The van der Waals surface area contributed by atoms with Crippen LogP contribution in [0.15, 0.2) is 16.6 Å². The molecule has 1 amide bonds. The summed E-state index contributed by atoms with van der Waals surface area (Å²) in [4.78, 5) is 13.7. The fourth-order valence-corrected chi connectivity index (χ4v) is 3.08. The summed E-state index contributed by atoms with van der Waals surface area (Å²) in [5, 5.41) is 2.56. The molecule has 0 radical (unpaired) electrons. The molecule has 3 N–H and O–H groups in total. The van der Waals surface area contributed by atoms with E-state index >= 15 is 0 Å². The molecular weight excluding hydrogens is 361 g/mol. The van der Waals surface area contributed by atoms with Gasteiger partial charge in [-0.2, -0.15) is 0 Å². The molecule has 0 saturated carbocycles. The van der Waals surface area contributed by atoms with Crippen LogP contribution < -0.4 is 16.0 Å². The zero-order chi connectivity index (χ0) is 15.6. The van der Waals surface area contributed by atoms with Crippen molar-refractivity contribution in [1.29, 1.82) is 0 Å². The monoisotopic (exact) mass is 375 g/mol. The number of hydrogen-bond donors (Lipinski definition) is 2. The number of ether oxygens (including phenoxy) is 1. The molecule has 5 nitrogen and oxygen atoms in total.